The van der Waals surface area contributed by atoms with E-state index in [9.17, 15) is 0 Å². The molecule has 3 heterocycles. The van der Waals surface area contributed by atoms with Crippen LogP contribution in [0.1, 0.15) is 36.5 Å². The molecule has 2 aromatic rings. The molecule has 1 aliphatic heterocycles. The number of thiophene rings is 1. The van der Waals surface area contributed by atoms with E-state index in [0.29, 0.717) is 11.7 Å². The highest BCUT2D eigenvalue weighted by Gasteiger charge is 2.42. The van der Waals surface area contributed by atoms with E-state index in [1.165, 1.54) is 16.1 Å². The maximum Gasteiger partial charge on any atom is 0.204 e. The standard InChI is InChI=1S/C20H20N6S/c1-12-5-3-4-6-15(12)21-19-14-8-10-27-17(14)20(2)9-7-13(11-16(20)22-19)18-23-25-26-24-18/h3-4,6-12,16H,5H2,1-2H3,(H,21,22)(H,23,24,25,26). The molecule has 3 atom stereocenters. The van der Waals surface area contributed by atoms with Gasteiger partial charge in [-0.2, -0.15) is 5.21 Å². The third-order valence-corrected chi connectivity index (χ3v) is 6.71. The topological polar surface area (TPSA) is 78.9 Å². The molecule has 0 fully saturated rings. The minimum Gasteiger partial charge on any atom is -0.343 e. The molecule has 2 aliphatic carbocycles. The van der Waals surface area contributed by atoms with Crippen molar-refractivity contribution < 1.29 is 0 Å². The molecule has 6 nitrogen and oxygen atoms in total. The second-order valence-electron chi connectivity index (χ2n) is 7.37. The molecule has 0 saturated heterocycles. The number of allylic oxidation sites excluding steroid dienone is 6. The predicted molar refractivity (Wildman–Crippen MR) is 107 cm³/mol. The van der Waals surface area contributed by atoms with Crippen molar-refractivity contribution in [2.45, 2.75) is 31.7 Å². The Morgan fingerprint density at radius 1 is 1.37 bits per heavy atom. The molecular formula is C20H20N6S. The molecule has 5 rings (SSSR count). The number of fused-ring (bicyclic) bond motifs is 3. The SMILES string of the molecule is CC1CC=CC=C1NC1=NC2C=C(c3nn[nH]n3)C=CC2(C)c2sccc21. The molecule has 0 bridgehead atoms. The summed E-state index contributed by atoms with van der Waals surface area (Å²) in [7, 11) is 0. The first kappa shape index (κ1) is 16.4. The smallest absolute Gasteiger partial charge is 0.204 e. The summed E-state index contributed by atoms with van der Waals surface area (Å²) in [6.45, 7) is 4.49. The lowest BCUT2D eigenvalue weighted by Gasteiger charge is -2.38. The Labute approximate surface area is 161 Å². The number of aromatic amines is 1. The van der Waals surface area contributed by atoms with Gasteiger partial charge in [-0.3, -0.25) is 4.99 Å². The second kappa shape index (κ2) is 6.13. The first-order chi connectivity index (χ1) is 13.1. The molecule has 136 valence electrons. The lowest BCUT2D eigenvalue weighted by Crippen LogP contribution is -2.42. The molecule has 3 aliphatic rings. The normalized spacial score (nSPS) is 28.7. The van der Waals surface area contributed by atoms with E-state index < -0.39 is 0 Å². The van der Waals surface area contributed by atoms with Crippen molar-refractivity contribution in [3.8, 4) is 0 Å². The van der Waals surface area contributed by atoms with Crippen LogP contribution in [0.5, 0.6) is 0 Å². The van der Waals surface area contributed by atoms with Gasteiger partial charge in [-0.05, 0) is 48.1 Å². The molecule has 0 saturated carbocycles. The zero-order valence-electron chi connectivity index (χ0n) is 15.2. The minimum absolute atomic E-state index is 0.0142. The molecule has 3 unspecified atom stereocenters. The van der Waals surface area contributed by atoms with Crippen LogP contribution in [0.4, 0.5) is 0 Å². The van der Waals surface area contributed by atoms with Crippen LogP contribution < -0.4 is 5.32 Å². The number of aromatic nitrogens is 4. The summed E-state index contributed by atoms with van der Waals surface area (Å²) >= 11 is 1.79. The van der Waals surface area contributed by atoms with Crippen LogP contribution in [0.2, 0.25) is 0 Å². The van der Waals surface area contributed by atoms with Gasteiger partial charge in [-0.25, -0.2) is 0 Å². The van der Waals surface area contributed by atoms with Crippen LogP contribution in [-0.4, -0.2) is 32.5 Å². The summed E-state index contributed by atoms with van der Waals surface area (Å²) in [5.74, 6) is 2.01. The van der Waals surface area contributed by atoms with E-state index in [0.717, 1.165) is 17.8 Å². The van der Waals surface area contributed by atoms with Crippen molar-refractivity contribution in [1.29, 1.82) is 0 Å². The predicted octanol–water partition coefficient (Wildman–Crippen LogP) is 3.37. The monoisotopic (exact) mass is 376 g/mol. The average molecular weight is 376 g/mol. The van der Waals surface area contributed by atoms with Gasteiger partial charge in [0.1, 0.15) is 5.84 Å². The van der Waals surface area contributed by atoms with E-state index >= 15 is 0 Å². The number of hydrogen-bond acceptors (Lipinski definition) is 6. The van der Waals surface area contributed by atoms with E-state index in [2.05, 4.69) is 87.7 Å². The number of hydrogen-bond donors (Lipinski definition) is 2. The van der Waals surface area contributed by atoms with Gasteiger partial charge in [-0.1, -0.05) is 31.2 Å². The van der Waals surface area contributed by atoms with E-state index in [1.807, 2.05) is 0 Å². The fourth-order valence-electron chi connectivity index (χ4n) is 3.84. The molecule has 7 heteroatoms. The van der Waals surface area contributed by atoms with Crippen LogP contribution in [-0.2, 0) is 5.41 Å². The number of amidine groups is 1. The highest BCUT2D eigenvalue weighted by atomic mass is 32.1. The zero-order chi connectivity index (χ0) is 18.4. The summed E-state index contributed by atoms with van der Waals surface area (Å²) in [5, 5.41) is 20.2. The summed E-state index contributed by atoms with van der Waals surface area (Å²) < 4.78 is 0. The van der Waals surface area contributed by atoms with Crippen LogP contribution in [0.15, 0.2) is 58.6 Å². The largest absolute Gasteiger partial charge is 0.343 e. The van der Waals surface area contributed by atoms with Gasteiger partial charge in [-0.15, -0.1) is 21.5 Å². The van der Waals surface area contributed by atoms with Gasteiger partial charge in [0.15, 0.2) is 0 Å². The fourth-order valence-corrected chi connectivity index (χ4v) is 4.92. The molecule has 2 aromatic heterocycles. The third-order valence-electron chi connectivity index (χ3n) is 5.54. The summed E-state index contributed by atoms with van der Waals surface area (Å²) in [5.41, 5.74) is 3.20. The first-order valence-corrected chi connectivity index (χ1v) is 9.98. The lowest BCUT2D eigenvalue weighted by molar-refractivity contribution is 0.521. The number of nitrogens with zero attached hydrogens (tertiary/aromatic N) is 4. The Morgan fingerprint density at radius 2 is 2.30 bits per heavy atom. The van der Waals surface area contributed by atoms with Crippen LogP contribution in [0.25, 0.3) is 5.57 Å². The minimum atomic E-state index is -0.158. The first-order valence-electron chi connectivity index (χ1n) is 9.10. The zero-order valence-corrected chi connectivity index (χ0v) is 16.0. The Hall–Kier alpha value is -2.80. The summed E-state index contributed by atoms with van der Waals surface area (Å²) in [6, 6.07) is 2.16. The Balaban J connectivity index is 1.57. The summed E-state index contributed by atoms with van der Waals surface area (Å²) in [6.07, 6.45) is 14.0. The van der Waals surface area contributed by atoms with Crippen molar-refractivity contribution in [2.24, 2.45) is 10.9 Å². The van der Waals surface area contributed by atoms with Crippen molar-refractivity contribution in [2.75, 3.05) is 0 Å². The Bertz CT molecular complexity index is 1020. The average Bonchev–Trinajstić information content (AvgIpc) is 3.36. The van der Waals surface area contributed by atoms with E-state index in [1.54, 1.807) is 11.3 Å². The van der Waals surface area contributed by atoms with Crippen molar-refractivity contribution in [1.82, 2.24) is 25.9 Å². The fraction of sp³-hybridized carbons (Fsp3) is 0.300. The lowest BCUT2D eigenvalue weighted by atomic mass is 9.73. The van der Waals surface area contributed by atoms with Crippen molar-refractivity contribution >= 4 is 22.7 Å². The van der Waals surface area contributed by atoms with Gasteiger partial charge in [0, 0.05) is 27.1 Å². The number of tetrazole rings is 1. The van der Waals surface area contributed by atoms with E-state index in [-0.39, 0.29) is 11.5 Å². The maximum absolute atomic E-state index is 5.11. The van der Waals surface area contributed by atoms with E-state index in [4.69, 9.17) is 4.99 Å². The van der Waals surface area contributed by atoms with Crippen molar-refractivity contribution in [3.05, 3.63) is 69.9 Å². The van der Waals surface area contributed by atoms with Gasteiger partial charge >= 0.3 is 0 Å². The van der Waals surface area contributed by atoms with Gasteiger partial charge < -0.3 is 5.32 Å². The number of aliphatic imine (C=N–C) groups is 1. The van der Waals surface area contributed by atoms with Gasteiger partial charge in [0.05, 0.1) is 6.04 Å². The highest BCUT2D eigenvalue weighted by Crippen LogP contribution is 2.44. The Morgan fingerprint density at radius 3 is 3.11 bits per heavy atom. The number of H-pyrrole nitrogens is 1. The third kappa shape index (κ3) is 2.61. The molecular weight excluding hydrogens is 356 g/mol. The molecule has 0 radical (unpaired) electrons. The number of nitrogens with one attached hydrogen (secondary N) is 2. The van der Waals surface area contributed by atoms with Gasteiger partial charge in [0.2, 0.25) is 5.82 Å². The molecule has 0 spiro atoms. The van der Waals surface area contributed by atoms with Crippen LogP contribution >= 0.6 is 11.3 Å². The molecule has 2 N–H and O–H groups in total. The molecule has 0 amide bonds. The number of rotatable bonds is 2. The van der Waals surface area contributed by atoms with Crippen molar-refractivity contribution in [3.63, 3.8) is 0 Å². The van der Waals surface area contributed by atoms with Crippen LogP contribution in [0, 0.1) is 5.92 Å². The summed E-state index contributed by atoms with van der Waals surface area (Å²) in [4.78, 5) is 6.45. The second-order valence-corrected chi connectivity index (χ2v) is 8.29. The molecule has 0 aromatic carbocycles. The maximum atomic E-state index is 5.11. The quantitative estimate of drug-likeness (QED) is 0.842. The Kier molecular flexibility index (Phi) is 3.72. The van der Waals surface area contributed by atoms with Gasteiger partial charge in [0.25, 0.3) is 0 Å². The molecule has 27 heavy (non-hydrogen) atoms. The van der Waals surface area contributed by atoms with Crippen LogP contribution in [0.3, 0.4) is 0 Å². The highest BCUT2D eigenvalue weighted by molar-refractivity contribution is 7.10.